The van der Waals surface area contributed by atoms with E-state index >= 15 is 0 Å². The third-order valence-electron chi connectivity index (χ3n) is 2.96. The van der Waals surface area contributed by atoms with Gasteiger partial charge in [0.15, 0.2) is 0 Å². The first-order valence-corrected chi connectivity index (χ1v) is 5.81. The van der Waals surface area contributed by atoms with Crippen molar-refractivity contribution in [1.29, 1.82) is 0 Å². The standard InChI is InChI=1S/C14H13N3O/c18-10-12-9-17(8-11-3-1-5-15-7-11)14-13(12)4-2-6-16-14/h1-7,9,18H,8,10H2. The quantitative estimate of drug-likeness (QED) is 0.760. The van der Waals surface area contributed by atoms with Crippen LogP contribution < -0.4 is 0 Å². The fourth-order valence-corrected chi connectivity index (χ4v) is 2.13. The van der Waals surface area contributed by atoms with Gasteiger partial charge < -0.3 is 9.67 Å². The van der Waals surface area contributed by atoms with Crippen molar-refractivity contribution in [3.8, 4) is 0 Å². The number of pyridine rings is 2. The zero-order chi connectivity index (χ0) is 12.4. The molecule has 3 rings (SSSR count). The molecule has 0 aliphatic rings. The molecule has 0 amide bonds. The van der Waals surface area contributed by atoms with Gasteiger partial charge in [-0.15, -0.1) is 0 Å². The van der Waals surface area contributed by atoms with Gasteiger partial charge in [-0.2, -0.15) is 0 Å². The van der Waals surface area contributed by atoms with Crippen molar-refractivity contribution in [1.82, 2.24) is 14.5 Å². The average Bonchev–Trinajstić information content (AvgIpc) is 2.78. The molecule has 90 valence electrons. The van der Waals surface area contributed by atoms with Crippen LogP contribution in [0.1, 0.15) is 11.1 Å². The summed E-state index contributed by atoms with van der Waals surface area (Å²) in [6.07, 6.45) is 7.32. The monoisotopic (exact) mass is 239 g/mol. The van der Waals surface area contributed by atoms with Crippen molar-refractivity contribution in [3.05, 3.63) is 60.2 Å². The molecule has 0 unspecified atom stereocenters. The molecule has 18 heavy (non-hydrogen) atoms. The van der Waals surface area contributed by atoms with Crippen molar-refractivity contribution in [2.45, 2.75) is 13.2 Å². The second-order valence-electron chi connectivity index (χ2n) is 4.18. The first-order valence-electron chi connectivity index (χ1n) is 5.81. The average molecular weight is 239 g/mol. The van der Waals surface area contributed by atoms with E-state index in [1.807, 2.05) is 41.2 Å². The van der Waals surface area contributed by atoms with Gasteiger partial charge in [0.1, 0.15) is 5.65 Å². The molecule has 1 N–H and O–H groups in total. The molecule has 4 heteroatoms. The molecule has 0 fully saturated rings. The number of rotatable bonds is 3. The smallest absolute Gasteiger partial charge is 0.140 e. The summed E-state index contributed by atoms with van der Waals surface area (Å²) in [4.78, 5) is 8.48. The highest BCUT2D eigenvalue weighted by Gasteiger charge is 2.08. The Hall–Kier alpha value is -2.20. The van der Waals surface area contributed by atoms with Crippen LogP contribution in [0, 0.1) is 0 Å². The van der Waals surface area contributed by atoms with E-state index in [1.54, 1.807) is 12.4 Å². The van der Waals surface area contributed by atoms with Gasteiger partial charge in [-0.1, -0.05) is 6.07 Å². The Labute approximate surface area is 105 Å². The second-order valence-corrected chi connectivity index (χ2v) is 4.18. The molecule has 0 aromatic carbocycles. The highest BCUT2D eigenvalue weighted by Crippen LogP contribution is 2.20. The minimum atomic E-state index is 0.0300. The van der Waals surface area contributed by atoms with E-state index in [9.17, 15) is 5.11 Å². The number of hydrogen-bond donors (Lipinski definition) is 1. The molecule has 3 heterocycles. The number of aliphatic hydroxyl groups is 1. The maximum Gasteiger partial charge on any atom is 0.140 e. The van der Waals surface area contributed by atoms with Crippen molar-refractivity contribution < 1.29 is 5.11 Å². The molecule has 0 atom stereocenters. The van der Waals surface area contributed by atoms with Gasteiger partial charge in [-0.25, -0.2) is 4.98 Å². The molecule has 0 saturated carbocycles. The lowest BCUT2D eigenvalue weighted by atomic mass is 10.2. The van der Waals surface area contributed by atoms with Crippen LogP contribution in [0.25, 0.3) is 11.0 Å². The molecule has 4 nitrogen and oxygen atoms in total. The van der Waals surface area contributed by atoms with Crippen LogP contribution in [0.4, 0.5) is 0 Å². The van der Waals surface area contributed by atoms with Crippen molar-refractivity contribution in [2.75, 3.05) is 0 Å². The third-order valence-corrected chi connectivity index (χ3v) is 2.96. The Bertz CT molecular complexity index is 661. The van der Waals surface area contributed by atoms with E-state index in [1.165, 1.54) is 0 Å². The van der Waals surface area contributed by atoms with E-state index < -0.39 is 0 Å². The predicted molar refractivity (Wildman–Crippen MR) is 69.0 cm³/mol. The summed E-state index contributed by atoms with van der Waals surface area (Å²) in [7, 11) is 0. The van der Waals surface area contributed by atoms with Crippen molar-refractivity contribution >= 4 is 11.0 Å². The first-order chi connectivity index (χ1) is 8.88. The van der Waals surface area contributed by atoms with E-state index in [-0.39, 0.29) is 6.61 Å². The number of aliphatic hydroxyl groups excluding tert-OH is 1. The number of nitrogens with zero attached hydrogens (tertiary/aromatic N) is 3. The van der Waals surface area contributed by atoms with Crippen LogP contribution in [0.2, 0.25) is 0 Å². The van der Waals surface area contributed by atoms with Gasteiger partial charge in [0.05, 0.1) is 13.2 Å². The van der Waals surface area contributed by atoms with Crippen molar-refractivity contribution in [2.24, 2.45) is 0 Å². The van der Waals surface area contributed by atoms with Gasteiger partial charge in [-0.05, 0) is 23.8 Å². The summed E-state index contributed by atoms with van der Waals surface area (Å²) >= 11 is 0. The van der Waals surface area contributed by atoms with E-state index in [4.69, 9.17) is 0 Å². The highest BCUT2D eigenvalue weighted by atomic mass is 16.3. The number of aromatic nitrogens is 3. The normalized spacial score (nSPS) is 10.9. The van der Waals surface area contributed by atoms with Gasteiger partial charge in [0.2, 0.25) is 0 Å². The summed E-state index contributed by atoms with van der Waals surface area (Å²) in [5, 5.41) is 10.4. The van der Waals surface area contributed by atoms with Crippen LogP contribution in [0.3, 0.4) is 0 Å². The van der Waals surface area contributed by atoms with E-state index in [2.05, 4.69) is 9.97 Å². The van der Waals surface area contributed by atoms with E-state index in [0.717, 1.165) is 22.2 Å². The summed E-state index contributed by atoms with van der Waals surface area (Å²) < 4.78 is 2.04. The molecule has 0 radical (unpaired) electrons. The number of hydrogen-bond acceptors (Lipinski definition) is 3. The third kappa shape index (κ3) is 1.87. The molecule has 0 saturated heterocycles. The summed E-state index contributed by atoms with van der Waals surface area (Å²) in [5.41, 5.74) is 2.91. The number of fused-ring (bicyclic) bond motifs is 1. The van der Waals surface area contributed by atoms with Gasteiger partial charge in [0.25, 0.3) is 0 Å². The fraction of sp³-hybridized carbons (Fsp3) is 0.143. The summed E-state index contributed by atoms with van der Waals surface area (Å²) in [5.74, 6) is 0. The highest BCUT2D eigenvalue weighted by molar-refractivity contribution is 5.80. The van der Waals surface area contributed by atoms with Crippen LogP contribution >= 0.6 is 0 Å². The topological polar surface area (TPSA) is 50.9 Å². The molecule has 3 aromatic heterocycles. The first kappa shape index (κ1) is 10.9. The Balaban J connectivity index is 2.07. The largest absolute Gasteiger partial charge is 0.392 e. The SMILES string of the molecule is OCc1cn(Cc2cccnc2)c2ncccc12. The molecule has 0 bridgehead atoms. The Morgan fingerprint density at radius 1 is 1.17 bits per heavy atom. The van der Waals surface area contributed by atoms with Gasteiger partial charge >= 0.3 is 0 Å². The minimum Gasteiger partial charge on any atom is -0.392 e. The van der Waals surface area contributed by atoms with E-state index in [0.29, 0.717) is 6.54 Å². The minimum absolute atomic E-state index is 0.0300. The summed E-state index contributed by atoms with van der Waals surface area (Å²) in [6.45, 7) is 0.740. The second kappa shape index (κ2) is 4.58. The van der Waals surface area contributed by atoms with Crippen LogP contribution in [0.15, 0.2) is 49.1 Å². The van der Waals surface area contributed by atoms with Gasteiger partial charge in [-0.3, -0.25) is 4.98 Å². The lowest BCUT2D eigenvalue weighted by Gasteiger charge is -2.03. The lowest BCUT2D eigenvalue weighted by Crippen LogP contribution is -1.99. The fourth-order valence-electron chi connectivity index (χ4n) is 2.13. The zero-order valence-electron chi connectivity index (χ0n) is 9.82. The predicted octanol–water partition coefficient (Wildman–Crippen LogP) is 1.97. The Kier molecular flexibility index (Phi) is 2.78. The maximum atomic E-state index is 9.36. The molecule has 0 aliphatic heterocycles. The van der Waals surface area contributed by atoms with Crippen LogP contribution in [-0.2, 0) is 13.2 Å². The molecule has 0 spiro atoms. The molecule has 3 aromatic rings. The van der Waals surface area contributed by atoms with Crippen LogP contribution in [-0.4, -0.2) is 19.6 Å². The molecular weight excluding hydrogens is 226 g/mol. The van der Waals surface area contributed by atoms with Crippen molar-refractivity contribution in [3.63, 3.8) is 0 Å². The Morgan fingerprint density at radius 2 is 2.06 bits per heavy atom. The van der Waals surface area contributed by atoms with Crippen LogP contribution in [0.5, 0.6) is 0 Å². The van der Waals surface area contributed by atoms with Gasteiger partial charge in [0, 0.05) is 35.7 Å². The Morgan fingerprint density at radius 3 is 2.83 bits per heavy atom. The lowest BCUT2D eigenvalue weighted by molar-refractivity contribution is 0.283. The zero-order valence-corrected chi connectivity index (χ0v) is 9.82. The molecule has 0 aliphatic carbocycles. The maximum absolute atomic E-state index is 9.36. The summed E-state index contributed by atoms with van der Waals surface area (Å²) in [6, 6.07) is 7.81. The molecular formula is C14H13N3O.